The molecule has 0 atom stereocenters. The molecular formula is C20H14O2. The molecule has 0 amide bonds. The largest absolute Gasteiger partial charge is 0.298 e. The van der Waals surface area contributed by atoms with Crippen LogP contribution in [-0.2, 0) is 0 Å². The van der Waals surface area contributed by atoms with Gasteiger partial charge in [0.25, 0.3) is 0 Å². The van der Waals surface area contributed by atoms with Crippen LogP contribution in [0.5, 0.6) is 0 Å². The third kappa shape index (κ3) is 2.72. The molecule has 2 heteroatoms. The number of rotatable bonds is 4. The Balaban J connectivity index is 2.17. The molecule has 0 saturated heterocycles. The van der Waals surface area contributed by atoms with Gasteiger partial charge in [-0.2, -0.15) is 0 Å². The van der Waals surface area contributed by atoms with Crippen LogP contribution in [0.3, 0.4) is 0 Å². The average molecular weight is 286 g/mol. The van der Waals surface area contributed by atoms with E-state index in [1.54, 1.807) is 12.1 Å². The Labute approximate surface area is 129 Å². The third-order valence-electron chi connectivity index (χ3n) is 3.59. The summed E-state index contributed by atoms with van der Waals surface area (Å²) >= 11 is 0. The Hall–Kier alpha value is -3.00. The number of hydrogen-bond acceptors (Lipinski definition) is 2. The van der Waals surface area contributed by atoms with Crippen molar-refractivity contribution in [2.75, 3.05) is 0 Å². The summed E-state index contributed by atoms with van der Waals surface area (Å²) in [6, 6.07) is 23.0. The van der Waals surface area contributed by atoms with Gasteiger partial charge in [0.1, 0.15) is 12.6 Å². The van der Waals surface area contributed by atoms with Crippen molar-refractivity contribution in [1.82, 2.24) is 0 Å². The van der Waals surface area contributed by atoms with E-state index in [2.05, 4.69) is 0 Å². The van der Waals surface area contributed by atoms with Crippen LogP contribution in [0.15, 0.2) is 72.8 Å². The van der Waals surface area contributed by atoms with Gasteiger partial charge in [-0.25, -0.2) is 0 Å². The molecule has 3 rings (SSSR count). The molecule has 2 nitrogen and oxygen atoms in total. The fraction of sp³-hybridized carbons (Fsp3) is 0. The van der Waals surface area contributed by atoms with Gasteiger partial charge in [-0.05, 0) is 34.4 Å². The summed E-state index contributed by atoms with van der Waals surface area (Å²) in [6.07, 6.45) is 1.69. The zero-order chi connectivity index (χ0) is 15.4. The van der Waals surface area contributed by atoms with Gasteiger partial charge in [-0.1, -0.05) is 60.7 Å². The van der Waals surface area contributed by atoms with Crippen LogP contribution in [0.25, 0.3) is 22.3 Å². The second-order valence-electron chi connectivity index (χ2n) is 5.03. The van der Waals surface area contributed by atoms with Crippen molar-refractivity contribution >= 4 is 12.6 Å². The number of carbonyl (C=O) groups excluding carboxylic acids is 2. The van der Waals surface area contributed by atoms with E-state index in [9.17, 15) is 9.59 Å². The summed E-state index contributed by atoms with van der Waals surface area (Å²) in [5, 5.41) is 0. The molecule has 0 unspecified atom stereocenters. The van der Waals surface area contributed by atoms with Crippen LogP contribution in [-0.4, -0.2) is 12.6 Å². The first-order valence-electron chi connectivity index (χ1n) is 7.02. The van der Waals surface area contributed by atoms with Gasteiger partial charge in [-0.3, -0.25) is 9.59 Å². The first kappa shape index (κ1) is 14.0. The van der Waals surface area contributed by atoms with Crippen LogP contribution < -0.4 is 0 Å². The molecule has 0 aliphatic carbocycles. The maximum Gasteiger partial charge on any atom is 0.150 e. The van der Waals surface area contributed by atoms with E-state index in [4.69, 9.17) is 0 Å². The van der Waals surface area contributed by atoms with Gasteiger partial charge in [-0.15, -0.1) is 0 Å². The lowest BCUT2D eigenvalue weighted by molar-refractivity contribution is 0.111. The Kier molecular flexibility index (Phi) is 3.92. The van der Waals surface area contributed by atoms with Crippen LogP contribution in [0.2, 0.25) is 0 Å². The number of benzene rings is 3. The maximum absolute atomic E-state index is 11.0. The smallest absolute Gasteiger partial charge is 0.150 e. The van der Waals surface area contributed by atoms with Gasteiger partial charge in [0.2, 0.25) is 0 Å². The zero-order valence-electron chi connectivity index (χ0n) is 11.9. The van der Waals surface area contributed by atoms with E-state index >= 15 is 0 Å². The summed E-state index contributed by atoms with van der Waals surface area (Å²) in [6.45, 7) is 0. The lowest BCUT2D eigenvalue weighted by atomic mass is 9.93. The molecular weight excluding hydrogens is 272 g/mol. The molecule has 106 valence electrons. The van der Waals surface area contributed by atoms with Crippen molar-refractivity contribution < 1.29 is 9.59 Å². The van der Waals surface area contributed by atoms with E-state index in [0.717, 1.165) is 34.8 Å². The fourth-order valence-corrected chi connectivity index (χ4v) is 2.55. The second kappa shape index (κ2) is 6.19. The van der Waals surface area contributed by atoms with Crippen LogP contribution in [0.4, 0.5) is 0 Å². The minimum atomic E-state index is 0.647. The average Bonchev–Trinajstić information content (AvgIpc) is 2.62. The minimum Gasteiger partial charge on any atom is -0.298 e. The van der Waals surface area contributed by atoms with Crippen LogP contribution in [0, 0.1) is 0 Å². The molecule has 3 aromatic rings. The molecule has 0 fully saturated rings. The molecule has 0 aliphatic heterocycles. The normalized spacial score (nSPS) is 10.2. The van der Waals surface area contributed by atoms with Crippen molar-refractivity contribution in [1.29, 1.82) is 0 Å². The second-order valence-corrected chi connectivity index (χ2v) is 5.03. The topological polar surface area (TPSA) is 34.1 Å². The third-order valence-corrected chi connectivity index (χ3v) is 3.59. The Morgan fingerprint density at radius 2 is 1.00 bits per heavy atom. The quantitative estimate of drug-likeness (QED) is 0.654. The summed E-state index contributed by atoms with van der Waals surface area (Å²) in [4.78, 5) is 22.0. The summed E-state index contributed by atoms with van der Waals surface area (Å²) in [5.74, 6) is 0. The first-order chi connectivity index (χ1) is 10.8. The molecule has 0 bridgehead atoms. The van der Waals surface area contributed by atoms with Crippen molar-refractivity contribution in [2.24, 2.45) is 0 Å². The van der Waals surface area contributed by atoms with Gasteiger partial charge < -0.3 is 0 Å². The van der Waals surface area contributed by atoms with Crippen molar-refractivity contribution in [3.8, 4) is 22.3 Å². The fourth-order valence-electron chi connectivity index (χ4n) is 2.55. The van der Waals surface area contributed by atoms with E-state index in [1.165, 1.54) is 0 Å². The summed E-state index contributed by atoms with van der Waals surface area (Å²) in [7, 11) is 0. The molecule has 3 aromatic carbocycles. The number of hydrogen-bond donors (Lipinski definition) is 0. The highest BCUT2D eigenvalue weighted by molar-refractivity contribution is 5.88. The first-order valence-corrected chi connectivity index (χ1v) is 7.02. The Bertz CT molecular complexity index is 764. The lowest BCUT2D eigenvalue weighted by Gasteiger charge is -2.11. The molecule has 0 heterocycles. The van der Waals surface area contributed by atoms with Gasteiger partial charge in [0.05, 0.1) is 0 Å². The highest BCUT2D eigenvalue weighted by Crippen LogP contribution is 2.32. The number of aldehydes is 2. The minimum absolute atomic E-state index is 0.647. The molecule has 0 radical (unpaired) electrons. The number of carbonyl (C=O) groups is 2. The zero-order valence-corrected chi connectivity index (χ0v) is 11.9. The van der Waals surface area contributed by atoms with Crippen molar-refractivity contribution in [2.45, 2.75) is 0 Å². The lowest BCUT2D eigenvalue weighted by Crippen LogP contribution is -1.88. The van der Waals surface area contributed by atoms with Gasteiger partial charge in [0.15, 0.2) is 0 Å². The van der Waals surface area contributed by atoms with Crippen LogP contribution in [0.1, 0.15) is 20.7 Å². The van der Waals surface area contributed by atoms with E-state index in [-0.39, 0.29) is 0 Å². The highest BCUT2D eigenvalue weighted by Gasteiger charge is 2.08. The Morgan fingerprint density at radius 1 is 0.545 bits per heavy atom. The summed E-state index contributed by atoms with van der Waals surface area (Å²) in [5.41, 5.74) is 5.33. The standard InChI is InChI=1S/C20H14O2/c21-13-15-5-3-7-17(11-15)19-9-1-2-10-20(19)18-8-4-6-16(12-18)14-22/h1-14H. The predicted molar refractivity (Wildman–Crippen MR) is 88.1 cm³/mol. The molecule has 0 saturated carbocycles. The van der Waals surface area contributed by atoms with E-state index in [0.29, 0.717) is 11.1 Å². The SMILES string of the molecule is O=Cc1cccc(-c2ccccc2-c2cccc(C=O)c2)c1. The Morgan fingerprint density at radius 3 is 1.41 bits per heavy atom. The van der Waals surface area contributed by atoms with Crippen molar-refractivity contribution in [3.05, 3.63) is 83.9 Å². The van der Waals surface area contributed by atoms with E-state index in [1.807, 2.05) is 60.7 Å². The maximum atomic E-state index is 11.0. The van der Waals surface area contributed by atoms with Gasteiger partial charge in [0, 0.05) is 11.1 Å². The van der Waals surface area contributed by atoms with Crippen LogP contribution >= 0.6 is 0 Å². The molecule has 0 spiro atoms. The monoisotopic (exact) mass is 286 g/mol. The summed E-state index contributed by atoms with van der Waals surface area (Å²) < 4.78 is 0. The molecule has 0 aromatic heterocycles. The molecule has 22 heavy (non-hydrogen) atoms. The van der Waals surface area contributed by atoms with E-state index < -0.39 is 0 Å². The predicted octanol–water partition coefficient (Wildman–Crippen LogP) is 4.65. The van der Waals surface area contributed by atoms with Crippen molar-refractivity contribution in [3.63, 3.8) is 0 Å². The molecule has 0 aliphatic rings. The molecule has 0 N–H and O–H groups in total. The van der Waals surface area contributed by atoms with Gasteiger partial charge >= 0.3 is 0 Å². The highest BCUT2D eigenvalue weighted by atomic mass is 16.1.